The third-order valence-electron chi connectivity index (χ3n) is 4.93. The Bertz CT molecular complexity index is 458. The number of rotatable bonds is 7. The zero-order valence-electron chi connectivity index (χ0n) is 13.0. The number of nitrogens with zero attached hydrogens (tertiary/aromatic N) is 1. The zero-order chi connectivity index (χ0) is 14.5. The molecule has 0 atom stereocenters. The molecule has 3 rings (SSSR count). The third-order valence-corrected chi connectivity index (χ3v) is 5.87. The van der Waals surface area contributed by atoms with Gasteiger partial charge in [0, 0.05) is 24.5 Å². The molecule has 2 fully saturated rings. The van der Waals surface area contributed by atoms with E-state index in [9.17, 15) is 0 Å². The maximum Gasteiger partial charge on any atom is 0.191 e. The predicted octanol–water partition coefficient (Wildman–Crippen LogP) is 3.43. The van der Waals surface area contributed by atoms with E-state index in [0.717, 1.165) is 37.9 Å². The highest BCUT2D eigenvalue weighted by molar-refractivity contribution is 7.09. The smallest absolute Gasteiger partial charge is 0.191 e. The molecule has 0 aromatic carbocycles. The van der Waals surface area contributed by atoms with Gasteiger partial charge in [0.1, 0.15) is 0 Å². The van der Waals surface area contributed by atoms with E-state index in [1.54, 1.807) is 0 Å². The Morgan fingerprint density at radius 2 is 2.24 bits per heavy atom. The molecule has 1 aromatic heterocycles. The summed E-state index contributed by atoms with van der Waals surface area (Å²) in [7, 11) is 0. The van der Waals surface area contributed by atoms with Crippen LogP contribution >= 0.6 is 11.3 Å². The molecule has 4 heteroatoms. The number of hydrogen-bond acceptors (Lipinski definition) is 2. The standard InChI is InChI=1S/C17H27N3S/c1-2-18-16(19-11-8-15-5-3-12-21-15)20-13-17(9-4-10-17)14-6-7-14/h3,5,12,14H,2,4,6-11,13H2,1H3,(H2,18,19,20). The van der Waals surface area contributed by atoms with Crippen LogP contribution in [0.4, 0.5) is 0 Å². The van der Waals surface area contributed by atoms with Crippen LogP contribution in [0.2, 0.25) is 0 Å². The molecule has 0 amide bonds. The van der Waals surface area contributed by atoms with Crippen LogP contribution in [0, 0.1) is 11.3 Å². The van der Waals surface area contributed by atoms with E-state index in [1.165, 1.54) is 37.0 Å². The summed E-state index contributed by atoms with van der Waals surface area (Å²) in [6, 6.07) is 4.32. The highest BCUT2D eigenvalue weighted by Gasteiger charge is 2.48. The molecular weight excluding hydrogens is 278 g/mol. The van der Waals surface area contributed by atoms with Crippen LogP contribution in [-0.2, 0) is 6.42 Å². The number of hydrogen-bond donors (Lipinski definition) is 2. The first-order valence-corrected chi connectivity index (χ1v) is 9.25. The van der Waals surface area contributed by atoms with Crippen molar-refractivity contribution in [1.29, 1.82) is 0 Å². The molecule has 0 aliphatic heterocycles. The van der Waals surface area contributed by atoms with Gasteiger partial charge in [-0.2, -0.15) is 0 Å². The van der Waals surface area contributed by atoms with E-state index in [0.29, 0.717) is 5.41 Å². The number of guanidine groups is 1. The summed E-state index contributed by atoms with van der Waals surface area (Å²) >= 11 is 1.83. The van der Waals surface area contributed by atoms with Gasteiger partial charge < -0.3 is 10.6 Å². The second kappa shape index (κ2) is 6.82. The zero-order valence-corrected chi connectivity index (χ0v) is 13.8. The van der Waals surface area contributed by atoms with Crippen molar-refractivity contribution >= 4 is 17.3 Å². The highest BCUT2D eigenvalue weighted by atomic mass is 32.1. The van der Waals surface area contributed by atoms with Crippen LogP contribution in [0.15, 0.2) is 22.5 Å². The Kier molecular flexibility index (Phi) is 4.84. The predicted molar refractivity (Wildman–Crippen MR) is 91.0 cm³/mol. The second-order valence-electron chi connectivity index (χ2n) is 6.44. The Balaban J connectivity index is 1.49. The monoisotopic (exact) mass is 305 g/mol. The highest BCUT2D eigenvalue weighted by Crippen LogP contribution is 2.57. The molecule has 1 heterocycles. The number of aliphatic imine (C=N–C) groups is 1. The maximum absolute atomic E-state index is 4.89. The summed E-state index contributed by atoms with van der Waals surface area (Å²) in [6.45, 7) is 5.05. The van der Waals surface area contributed by atoms with E-state index >= 15 is 0 Å². The fraction of sp³-hybridized carbons (Fsp3) is 0.706. The Morgan fingerprint density at radius 3 is 2.81 bits per heavy atom. The molecule has 0 radical (unpaired) electrons. The van der Waals surface area contributed by atoms with Gasteiger partial charge in [0.2, 0.25) is 0 Å². The topological polar surface area (TPSA) is 36.4 Å². The quantitative estimate of drug-likeness (QED) is 0.598. The van der Waals surface area contributed by atoms with Gasteiger partial charge in [0.25, 0.3) is 0 Å². The van der Waals surface area contributed by atoms with Crippen LogP contribution in [0.5, 0.6) is 0 Å². The van der Waals surface area contributed by atoms with E-state index in [-0.39, 0.29) is 0 Å². The number of nitrogens with one attached hydrogen (secondary N) is 2. The van der Waals surface area contributed by atoms with Crippen molar-refractivity contribution in [3.63, 3.8) is 0 Å². The van der Waals surface area contributed by atoms with E-state index in [2.05, 4.69) is 35.1 Å². The molecule has 21 heavy (non-hydrogen) atoms. The van der Waals surface area contributed by atoms with Crippen molar-refractivity contribution in [2.45, 2.75) is 45.4 Å². The van der Waals surface area contributed by atoms with Gasteiger partial charge >= 0.3 is 0 Å². The first-order valence-electron chi connectivity index (χ1n) is 8.37. The van der Waals surface area contributed by atoms with Crippen molar-refractivity contribution in [3.05, 3.63) is 22.4 Å². The van der Waals surface area contributed by atoms with Crippen LogP contribution in [0.25, 0.3) is 0 Å². The summed E-state index contributed by atoms with van der Waals surface area (Å²) in [6.07, 6.45) is 8.17. The van der Waals surface area contributed by atoms with Crippen molar-refractivity contribution in [3.8, 4) is 0 Å². The summed E-state index contributed by atoms with van der Waals surface area (Å²) in [4.78, 5) is 6.32. The fourth-order valence-electron chi connectivity index (χ4n) is 3.36. The molecule has 0 unspecified atom stereocenters. The molecule has 0 bridgehead atoms. The molecule has 2 aliphatic carbocycles. The molecule has 3 nitrogen and oxygen atoms in total. The van der Waals surface area contributed by atoms with Crippen LogP contribution in [0.1, 0.15) is 43.9 Å². The second-order valence-corrected chi connectivity index (χ2v) is 7.47. The minimum atomic E-state index is 0.566. The molecular formula is C17H27N3S. The lowest BCUT2D eigenvalue weighted by molar-refractivity contribution is 0.113. The first kappa shape index (κ1) is 14.9. The van der Waals surface area contributed by atoms with Crippen molar-refractivity contribution in [2.24, 2.45) is 16.3 Å². The van der Waals surface area contributed by atoms with Gasteiger partial charge in [0.05, 0.1) is 0 Å². The first-order chi connectivity index (χ1) is 10.3. The van der Waals surface area contributed by atoms with Gasteiger partial charge in [-0.05, 0) is 61.8 Å². The minimum Gasteiger partial charge on any atom is -0.357 e. The average Bonchev–Trinajstić information content (AvgIpc) is 3.15. The Labute approximate surface area is 132 Å². The molecule has 0 spiro atoms. The van der Waals surface area contributed by atoms with Gasteiger partial charge in [-0.15, -0.1) is 11.3 Å². The van der Waals surface area contributed by atoms with Crippen molar-refractivity contribution in [2.75, 3.05) is 19.6 Å². The molecule has 1 aromatic rings. The lowest BCUT2D eigenvalue weighted by atomic mass is 9.65. The van der Waals surface area contributed by atoms with Crippen LogP contribution < -0.4 is 10.6 Å². The SMILES string of the molecule is CCNC(=NCC1(C2CC2)CCC1)NCCc1cccs1. The minimum absolute atomic E-state index is 0.566. The fourth-order valence-corrected chi connectivity index (χ4v) is 4.07. The molecule has 116 valence electrons. The molecule has 2 aliphatic rings. The lowest BCUT2D eigenvalue weighted by Gasteiger charge is -2.41. The van der Waals surface area contributed by atoms with Crippen LogP contribution in [0.3, 0.4) is 0 Å². The maximum atomic E-state index is 4.89. The molecule has 2 saturated carbocycles. The van der Waals surface area contributed by atoms with Crippen molar-refractivity contribution in [1.82, 2.24) is 10.6 Å². The molecule has 2 N–H and O–H groups in total. The summed E-state index contributed by atoms with van der Waals surface area (Å²) in [5.74, 6) is 1.98. The number of thiophene rings is 1. The Morgan fingerprint density at radius 1 is 1.38 bits per heavy atom. The van der Waals surface area contributed by atoms with Gasteiger partial charge in [-0.25, -0.2) is 0 Å². The lowest BCUT2D eigenvalue weighted by Crippen LogP contribution is -2.41. The van der Waals surface area contributed by atoms with Gasteiger partial charge in [0.15, 0.2) is 5.96 Å². The average molecular weight is 305 g/mol. The van der Waals surface area contributed by atoms with E-state index < -0.39 is 0 Å². The summed E-state index contributed by atoms with van der Waals surface area (Å²) in [5.41, 5.74) is 0.566. The van der Waals surface area contributed by atoms with E-state index in [4.69, 9.17) is 4.99 Å². The largest absolute Gasteiger partial charge is 0.357 e. The summed E-state index contributed by atoms with van der Waals surface area (Å²) in [5, 5.41) is 9.01. The van der Waals surface area contributed by atoms with Crippen LogP contribution in [-0.4, -0.2) is 25.6 Å². The summed E-state index contributed by atoms with van der Waals surface area (Å²) < 4.78 is 0. The van der Waals surface area contributed by atoms with Crippen molar-refractivity contribution < 1.29 is 0 Å². The Hall–Kier alpha value is -1.03. The molecule has 0 saturated heterocycles. The van der Waals surface area contributed by atoms with E-state index in [1.807, 2.05) is 11.3 Å². The van der Waals surface area contributed by atoms with Gasteiger partial charge in [-0.3, -0.25) is 4.99 Å². The third kappa shape index (κ3) is 3.79. The normalized spacial score (nSPS) is 20.9. The van der Waals surface area contributed by atoms with Gasteiger partial charge in [-0.1, -0.05) is 12.5 Å².